The average Bonchev–Trinajstić information content (AvgIpc) is 2.90. The molecule has 37 heavy (non-hydrogen) atoms. The first kappa shape index (κ1) is 26.5. The van der Waals surface area contributed by atoms with Crippen molar-refractivity contribution >= 4 is 5.91 Å². The molecule has 3 aromatic carbocycles. The number of piperidine rings is 1. The van der Waals surface area contributed by atoms with E-state index in [9.17, 15) is 18.0 Å². The zero-order chi connectivity index (χ0) is 26.4. The number of rotatable bonds is 8. The smallest absolute Gasteiger partial charge is 0.416 e. The second kappa shape index (κ2) is 11.7. The number of hydrogen-bond acceptors (Lipinski definition) is 4. The third-order valence-corrected chi connectivity index (χ3v) is 6.58. The maximum atomic E-state index is 13.4. The fraction of sp³-hybridized carbons (Fsp3) is 0.345. The highest BCUT2D eigenvalue weighted by Gasteiger charge is 2.30. The first-order chi connectivity index (χ1) is 17.7. The molecule has 0 bridgehead atoms. The van der Waals surface area contributed by atoms with Crippen LogP contribution in [0.25, 0.3) is 11.1 Å². The monoisotopic (exact) mass is 512 g/mol. The summed E-state index contributed by atoms with van der Waals surface area (Å²) in [5.41, 5.74) is 1.74. The average molecular weight is 513 g/mol. The first-order valence-corrected chi connectivity index (χ1v) is 12.3. The molecule has 0 saturated carbocycles. The van der Waals surface area contributed by atoms with Crippen molar-refractivity contribution in [1.29, 1.82) is 0 Å². The number of amides is 1. The van der Waals surface area contributed by atoms with Gasteiger partial charge in [-0.3, -0.25) is 4.79 Å². The largest absolute Gasteiger partial charge is 0.497 e. The molecule has 3 aromatic rings. The molecule has 0 aliphatic carbocycles. The molecule has 5 nitrogen and oxygen atoms in total. The SMILES string of the molecule is COc1ccc(C(=O)NCCc2ccc(OC3CCN(C)CC3)cc2-c2cccc(C(F)(F)F)c2)cc1. The highest BCUT2D eigenvalue weighted by molar-refractivity contribution is 5.94. The Morgan fingerprint density at radius 2 is 1.70 bits per heavy atom. The van der Waals surface area contributed by atoms with Gasteiger partial charge in [0.2, 0.25) is 0 Å². The molecule has 0 radical (unpaired) electrons. The van der Waals surface area contributed by atoms with Gasteiger partial charge in [-0.05, 0) is 91.5 Å². The number of benzene rings is 3. The van der Waals surface area contributed by atoms with E-state index in [1.165, 1.54) is 6.07 Å². The summed E-state index contributed by atoms with van der Waals surface area (Å²) in [5, 5.41) is 2.89. The molecule has 0 spiro atoms. The Morgan fingerprint density at radius 1 is 1.00 bits per heavy atom. The van der Waals surface area contributed by atoms with Gasteiger partial charge >= 0.3 is 6.18 Å². The summed E-state index contributed by atoms with van der Waals surface area (Å²) in [6.07, 6.45) is -2.13. The summed E-state index contributed by atoms with van der Waals surface area (Å²) >= 11 is 0. The minimum atomic E-state index is -4.44. The Kier molecular flexibility index (Phi) is 8.38. The maximum Gasteiger partial charge on any atom is 0.416 e. The third kappa shape index (κ3) is 7.04. The topological polar surface area (TPSA) is 50.8 Å². The van der Waals surface area contributed by atoms with Gasteiger partial charge in [-0.25, -0.2) is 0 Å². The van der Waals surface area contributed by atoms with Crippen molar-refractivity contribution in [3.8, 4) is 22.6 Å². The molecule has 0 aromatic heterocycles. The Hall–Kier alpha value is -3.52. The fourth-order valence-corrected chi connectivity index (χ4v) is 4.43. The third-order valence-electron chi connectivity index (χ3n) is 6.58. The van der Waals surface area contributed by atoms with Crippen molar-refractivity contribution in [1.82, 2.24) is 10.2 Å². The van der Waals surface area contributed by atoms with E-state index in [1.54, 1.807) is 37.4 Å². The van der Waals surface area contributed by atoms with Crippen LogP contribution in [0.2, 0.25) is 0 Å². The summed E-state index contributed by atoms with van der Waals surface area (Å²) in [6, 6.07) is 17.6. The van der Waals surface area contributed by atoms with E-state index in [0.29, 0.717) is 41.2 Å². The van der Waals surface area contributed by atoms with Gasteiger partial charge in [-0.1, -0.05) is 18.2 Å². The molecule has 0 atom stereocenters. The maximum absolute atomic E-state index is 13.4. The lowest BCUT2D eigenvalue weighted by molar-refractivity contribution is -0.137. The number of hydrogen-bond donors (Lipinski definition) is 1. The summed E-state index contributed by atoms with van der Waals surface area (Å²) in [6.45, 7) is 2.21. The van der Waals surface area contributed by atoms with Gasteiger partial charge in [-0.2, -0.15) is 13.2 Å². The number of methoxy groups -OCH3 is 1. The van der Waals surface area contributed by atoms with Gasteiger partial charge in [0, 0.05) is 25.2 Å². The molecule has 1 N–H and O–H groups in total. The lowest BCUT2D eigenvalue weighted by Gasteiger charge is -2.29. The van der Waals surface area contributed by atoms with Crippen LogP contribution in [0.5, 0.6) is 11.5 Å². The van der Waals surface area contributed by atoms with Crippen LogP contribution >= 0.6 is 0 Å². The number of carbonyl (C=O) groups excluding carboxylic acids is 1. The molecule has 1 heterocycles. The van der Waals surface area contributed by atoms with Crippen LogP contribution in [0.3, 0.4) is 0 Å². The van der Waals surface area contributed by atoms with E-state index in [4.69, 9.17) is 9.47 Å². The second-order valence-electron chi connectivity index (χ2n) is 9.25. The highest BCUT2D eigenvalue weighted by atomic mass is 19.4. The van der Waals surface area contributed by atoms with Gasteiger partial charge in [0.15, 0.2) is 0 Å². The van der Waals surface area contributed by atoms with Crippen LogP contribution in [0.15, 0.2) is 66.7 Å². The van der Waals surface area contributed by atoms with Gasteiger partial charge in [0.1, 0.15) is 17.6 Å². The molecule has 1 aliphatic heterocycles. The van der Waals surface area contributed by atoms with E-state index >= 15 is 0 Å². The zero-order valence-electron chi connectivity index (χ0n) is 21.0. The van der Waals surface area contributed by atoms with Crippen LogP contribution < -0.4 is 14.8 Å². The predicted octanol–water partition coefficient (Wildman–Crippen LogP) is 5.83. The Labute approximate surface area is 215 Å². The van der Waals surface area contributed by atoms with Crippen molar-refractivity contribution in [3.05, 3.63) is 83.4 Å². The predicted molar refractivity (Wildman–Crippen MR) is 137 cm³/mol. The summed E-state index contributed by atoms with van der Waals surface area (Å²) < 4.78 is 51.6. The number of halogens is 3. The minimum absolute atomic E-state index is 0.0696. The number of carbonyl (C=O) groups is 1. The quantitative estimate of drug-likeness (QED) is 0.413. The van der Waals surface area contributed by atoms with Crippen molar-refractivity contribution in [2.45, 2.75) is 31.5 Å². The molecule has 4 rings (SSSR count). The second-order valence-corrected chi connectivity index (χ2v) is 9.25. The van der Waals surface area contributed by atoms with Crippen molar-refractivity contribution in [2.24, 2.45) is 0 Å². The number of likely N-dealkylation sites (tertiary alicyclic amines) is 1. The van der Waals surface area contributed by atoms with Crippen LogP contribution in [0, 0.1) is 0 Å². The molecule has 1 aliphatic rings. The van der Waals surface area contributed by atoms with Gasteiger partial charge in [-0.15, -0.1) is 0 Å². The minimum Gasteiger partial charge on any atom is -0.497 e. The van der Waals surface area contributed by atoms with Gasteiger partial charge < -0.3 is 19.7 Å². The number of ether oxygens (including phenoxy) is 2. The van der Waals surface area contributed by atoms with Crippen molar-refractivity contribution in [3.63, 3.8) is 0 Å². The molecule has 0 unspecified atom stereocenters. The van der Waals surface area contributed by atoms with Crippen LogP contribution in [-0.2, 0) is 12.6 Å². The lowest BCUT2D eigenvalue weighted by atomic mass is 9.95. The van der Waals surface area contributed by atoms with Crippen LogP contribution in [0.1, 0.15) is 34.3 Å². The van der Waals surface area contributed by atoms with Gasteiger partial charge in [0.25, 0.3) is 5.91 Å². The normalized spacial score (nSPS) is 14.8. The van der Waals surface area contributed by atoms with E-state index in [0.717, 1.165) is 43.6 Å². The summed E-state index contributed by atoms with van der Waals surface area (Å²) in [5.74, 6) is 1.06. The van der Waals surface area contributed by atoms with Crippen molar-refractivity contribution < 1.29 is 27.4 Å². The molecular weight excluding hydrogens is 481 g/mol. The van der Waals surface area contributed by atoms with E-state index in [-0.39, 0.29) is 12.0 Å². The standard InChI is InChI=1S/C29H31F3N2O3/c1-34-16-13-25(14-17-34)37-26-11-6-20(12-15-33-28(35)21-7-9-24(36-2)10-8-21)27(19-26)22-4-3-5-23(18-22)29(30,31)32/h3-11,18-19,25H,12-17H2,1-2H3,(H,33,35). The number of nitrogens with one attached hydrogen (secondary N) is 1. The summed E-state index contributed by atoms with van der Waals surface area (Å²) in [4.78, 5) is 14.8. The van der Waals surface area contributed by atoms with Crippen molar-refractivity contribution in [2.75, 3.05) is 33.8 Å². The molecule has 196 valence electrons. The summed E-state index contributed by atoms with van der Waals surface area (Å²) in [7, 11) is 3.63. The van der Waals surface area contributed by atoms with E-state index in [2.05, 4.69) is 17.3 Å². The zero-order valence-corrected chi connectivity index (χ0v) is 21.0. The molecule has 1 saturated heterocycles. The Bertz CT molecular complexity index is 1200. The van der Waals surface area contributed by atoms with E-state index < -0.39 is 11.7 Å². The van der Waals surface area contributed by atoms with Gasteiger partial charge in [0.05, 0.1) is 12.7 Å². The molecule has 1 fully saturated rings. The molecule has 8 heteroatoms. The fourth-order valence-electron chi connectivity index (χ4n) is 4.43. The number of nitrogens with zero attached hydrogens (tertiary/aromatic N) is 1. The van der Waals surface area contributed by atoms with Crippen LogP contribution in [-0.4, -0.2) is 50.7 Å². The number of alkyl halides is 3. The highest BCUT2D eigenvalue weighted by Crippen LogP contribution is 2.35. The Balaban J connectivity index is 1.53. The molecule has 1 amide bonds. The first-order valence-electron chi connectivity index (χ1n) is 12.3. The molecular formula is C29H31F3N2O3. The van der Waals surface area contributed by atoms with Crippen LogP contribution in [0.4, 0.5) is 13.2 Å². The lowest BCUT2D eigenvalue weighted by Crippen LogP contribution is -2.35. The van der Waals surface area contributed by atoms with E-state index in [1.807, 2.05) is 18.2 Å². The Morgan fingerprint density at radius 3 is 2.38 bits per heavy atom.